The fraction of sp³-hybridized carbons (Fsp3) is 1.00. The SMILES string of the molecule is CCCC(NCC)C(CC)N(C)CC(C)C. The van der Waals surface area contributed by atoms with Gasteiger partial charge >= 0.3 is 0 Å². The highest BCUT2D eigenvalue weighted by Crippen LogP contribution is 2.13. The molecule has 0 amide bonds. The number of hydrogen-bond donors (Lipinski definition) is 1. The van der Waals surface area contributed by atoms with Crippen LogP contribution in [0.4, 0.5) is 0 Å². The van der Waals surface area contributed by atoms with Crippen molar-refractivity contribution in [2.24, 2.45) is 5.92 Å². The minimum atomic E-state index is 0.656. The van der Waals surface area contributed by atoms with Crippen LogP contribution in [0.3, 0.4) is 0 Å². The van der Waals surface area contributed by atoms with Gasteiger partial charge in [0, 0.05) is 18.6 Å². The van der Waals surface area contributed by atoms with Gasteiger partial charge < -0.3 is 10.2 Å². The monoisotopic (exact) mass is 228 g/mol. The predicted molar refractivity (Wildman–Crippen MR) is 73.9 cm³/mol. The van der Waals surface area contributed by atoms with Crippen molar-refractivity contribution in [3.8, 4) is 0 Å². The lowest BCUT2D eigenvalue weighted by atomic mass is 9.98. The molecule has 0 radical (unpaired) electrons. The van der Waals surface area contributed by atoms with Crippen LogP contribution in [0.15, 0.2) is 0 Å². The third kappa shape index (κ3) is 5.86. The molecule has 0 saturated carbocycles. The molecule has 0 bridgehead atoms. The molecule has 0 spiro atoms. The highest BCUT2D eigenvalue weighted by Gasteiger charge is 2.22. The molecule has 0 aromatic rings. The first kappa shape index (κ1) is 15.9. The minimum absolute atomic E-state index is 0.656. The summed E-state index contributed by atoms with van der Waals surface area (Å²) in [5.41, 5.74) is 0. The van der Waals surface area contributed by atoms with Crippen molar-refractivity contribution in [1.82, 2.24) is 10.2 Å². The molecule has 2 unspecified atom stereocenters. The van der Waals surface area contributed by atoms with E-state index in [1.807, 2.05) is 0 Å². The van der Waals surface area contributed by atoms with E-state index in [0.717, 1.165) is 12.5 Å². The third-order valence-corrected chi connectivity index (χ3v) is 3.17. The van der Waals surface area contributed by atoms with Crippen LogP contribution >= 0.6 is 0 Å². The van der Waals surface area contributed by atoms with Crippen LogP contribution in [0.2, 0.25) is 0 Å². The van der Waals surface area contributed by atoms with E-state index in [1.54, 1.807) is 0 Å². The molecule has 2 heteroatoms. The molecule has 0 aliphatic heterocycles. The molecule has 0 aromatic carbocycles. The first-order valence-electron chi connectivity index (χ1n) is 7.00. The number of nitrogens with zero attached hydrogens (tertiary/aromatic N) is 1. The Kier molecular flexibility index (Phi) is 8.96. The van der Waals surface area contributed by atoms with Gasteiger partial charge in [0.2, 0.25) is 0 Å². The van der Waals surface area contributed by atoms with Crippen molar-refractivity contribution in [2.45, 2.75) is 66.0 Å². The van der Waals surface area contributed by atoms with Crippen molar-refractivity contribution in [3.05, 3.63) is 0 Å². The molecular formula is C14H32N2. The van der Waals surface area contributed by atoms with Crippen LogP contribution in [0.5, 0.6) is 0 Å². The topological polar surface area (TPSA) is 15.3 Å². The third-order valence-electron chi connectivity index (χ3n) is 3.17. The summed E-state index contributed by atoms with van der Waals surface area (Å²) < 4.78 is 0. The van der Waals surface area contributed by atoms with Gasteiger partial charge in [-0.25, -0.2) is 0 Å². The van der Waals surface area contributed by atoms with Gasteiger partial charge in [-0.3, -0.25) is 0 Å². The summed E-state index contributed by atoms with van der Waals surface area (Å²) in [6.45, 7) is 13.7. The summed E-state index contributed by atoms with van der Waals surface area (Å²) in [4.78, 5) is 2.54. The van der Waals surface area contributed by atoms with Crippen LogP contribution in [0.1, 0.15) is 53.9 Å². The highest BCUT2D eigenvalue weighted by atomic mass is 15.2. The van der Waals surface area contributed by atoms with Crippen molar-refractivity contribution in [1.29, 1.82) is 0 Å². The summed E-state index contributed by atoms with van der Waals surface area (Å²) >= 11 is 0. The second kappa shape index (κ2) is 9.00. The average molecular weight is 228 g/mol. The smallest absolute Gasteiger partial charge is 0.0243 e. The van der Waals surface area contributed by atoms with Gasteiger partial charge in [0.15, 0.2) is 0 Å². The van der Waals surface area contributed by atoms with Crippen LogP contribution in [-0.2, 0) is 0 Å². The van der Waals surface area contributed by atoms with Gasteiger partial charge in [0.1, 0.15) is 0 Å². The Balaban J connectivity index is 4.38. The van der Waals surface area contributed by atoms with E-state index in [1.165, 1.54) is 25.8 Å². The molecule has 0 aliphatic rings. The maximum atomic E-state index is 3.65. The molecule has 0 aliphatic carbocycles. The van der Waals surface area contributed by atoms with Gasteiger partial charge in [0.05, 0.1) is 0 Å². The van der Waals surface area contributed by atoms with Crippen LogP contribution in [0, 0.1) is 5.92 Å². The number of rotatable bonds is 9. The van der Waals surface area contributed by atoms with Crippen LogP contribution in [-0.4, -0.2) is 37.1 Å². The van der Waals surface area contributed by atoms with Crippen molar-refractivity contribution in [3.63, 3.8) is 0 Å². The van der Waals surface area contributed by atoms with E-state index in [0.29, 0.717) is 12.1 Å². The van der Waals surface area contributed by atoms with Gasteiger partial charge in [0.25, 0.3) is 0 Å². The molecule has 0 fully saturated rings. The standard InChI is InChI=1S/C14H32N2/c1-7-10-13(15-9-3)14(8-2)16(6)11-12(4)5/h12-15H,7-11H2,1-6H3. The quantitative estimate of drug-likeness (QED) is 0.652. The van der Waals surface area contributed by atoms with Gasteiger partial charge in [-0.15, -0.1) is 0 Å². The summed E-state index contributed by atoms with van der Waals surface area (Å²) in [7, 11) is 2.27. The zero-order valence-corrected chi connectivity index (χ0v) is 12.2. The zero-order chi connectivity index (χ0) is 12.6. The van der Waals surface area contributed by atoms with E-state index in [-0.39, 0.29) is 0 Å². The van der Waals surface area contributed by atoms with Crippen LogP contribution < -0.4 is 5.32 Å². The molecule has 2 nitrogen and oxygen atoms in total. The Labute approximate surface area is 103 Å². The van der Waals surface area contributed by atoms with Crippen molar-refractivity contribution < 1.29 is 0 Å². The molecule has 0 heterocycles. The van der Waals surface area contributed by atoms with E-state index >= 15 is 0 Å². The predicted octanol–water partition coefficient (Wildman–Crippen LogP) is 3.13. The largest absolute Gasteiger partial charge is 0.313 e. The molecule has 1 N–H and O–H groups in total. The molecule has 0 aromatic heterocycles. The Bertz CT molecular complexity index is 151. The summed E-state index contributed by atoms with van der Waals surface area (Å²) in [6.07, 6.45) is 3.79. The first-order chi connectivity index (χ1) is 7.56. The summed E-state index contributed by atoms with van der Waals surface area (Å²) in [6, 6.07) is 1.34. The van der Waals surface area contributed by atoms with Gasteiger partial charge in [-0.2, -0.15) is 0 Å². The van der Waals surface area contributed by atoms with E-state index < -0.39 is 0 Å². The van der Waals surface area contributed by atoms with E-state index in [4.69, 9.17) is 0 Å². The Hall–Kier alpha value is -0.0800. The summed E-state index contributed by atoms with van der Waals surface area (Å²) in [5, 5.41) is 3.65. The van der Waals surface area contributed by atoms with Crippen molar-refractivity contribution >= 4 is 0 Å². The van der Waals surface area contributed by atoms with Crippen molar-refractivity contribution in [2.75, 3.05) is 20.1 Å². The van der Waals surface area contributed by atoms with Gasteiger partial charge in [-0.05, 0) is 32.4 Å². The Morgan fingerprint density at radius 1 is 1.12 bits per heavy atom. The number of nitrogens with one attached hydrogen (secondary N) is 1. The molecule has 2 atom stereocenters. The molecule has 0 rings (SSSR count). The fourth-order valence-electron chi connectivity index (χ4n) is 2.62. The molecule has 98 valence electrons. The maximum absolute atomic E-state index is 3.65. The minimum Gasteiger partial charge on any atom is -0.313 e. The lowest BCUT2D eigenvalue weighted by Crippen LogP contribution is -2.49. The average Bonchev–Trinajstić information content (AvgIpc) is 2.18. The van der Waals surface area contributed by atoms with E-state index in [2.05, 4.69) is 51.9 Å². The Morgan fingerprint density at radius 3 is 2.12 bits per heavy atom. The second-order valence-electron chi connectivity index (χ2n) is 5.26. The normalized spacial score (nSPS) is 15.8. The fourth-order valence-corrected chi connectivity index (χ4v) is 2.62. The van der Waals surface area contributed by atoms with E-state index in [9.17, 15) is 0 Å². The Morgan fingerprint density at radius 2 is 1.75 bits per heavy atom. The number of hydrogen-bond acceptors (Lipinski definition) is 2. The second-order valence-corrected chi connectivity index (χ2v) is 5.26. The first-order valence-corrected chi connectivity index (χ1v) is 7.00. The lowest BCUT2D eigenvalue weighted by Gasteiger charge is -2.35. The zero-order valence-electron chi connectivity index (χ0n) is 12.2. The lowest BCUT2D eigenvalue weighted by molar-refractivity contribution is 0.164. The number of likely N-dealkylation sites (N-methyl/N-ethyl adjacent to an activating group) is 2. The van der Waals surface area contributed by atoms with Crippen LogP contribution in [0.25, 0.3) is 0 Å². The maximum Gasteiger partial charge on any atom is 0.0243 e. The van der Waals surface area contributed by atoms with Gasteiger partial charge in [-0.1, -0.05) is 41.0 Å². The molecule has 0 saturated heterocycles. The molecular weight excluding hydrogens is 196 g/mol. The summed E-state index contributed by atoms with van der Waals surface area (Å²) in [5.74, 6) is 0.753. The highest BCUT2D eigenvalue weighted by molar-refractivity contribution is 4.82. The molecule has 16 heavy (non-hydrogen) atoms.